The monoisotopic (exact) mass is 530 g/mol. The second-order valence-corrected chi connectivity index (χ2v) is 9.81. The molecule has 10 heteroatoms. The van der Waals surface area contributed by atoms with Crippen LogP contribution in [0.25, 0.3) is 0 Å². The Morgan fingerprint density at radius 2 is 1.63 bits per heavy atom. The quantitative estimate of drug-likeness (QED) is 0.208. The van der Waals surface area contributed by atoms with Gasteiger partial charge in [0.05, 0.1) is 7.11 Å². The Labute approximate surface area is 226 Å². The fraction of sp³-hybridized carbons (Fsp3) is 0.571. The number of ether oxygens (including phenoxy) is 3. The highest BCUT2D eigenvalue weighted by Gasteiger charge is 2.25. The lowest BCUT2D eigenvalue weighted by molar-refractivity contribution is 0.136. The molecule has 38 heavy (non-hydrogen) atoms. The average molecular weight is 530 g/mol. The molecule has 2 heterocycles. The maximum absolute atomic E-state index is 9.76. The maximum atomic E-state index is 9.76. The van der Waals surface area contributed by atoms with Gasteiger partial charge in [-0.3, -0.25) is 0 Å². The minimum Gasteiger partial charge on any atom is -0.508 e. The topological polar surface area (TPSA) is 124 Å². The summed E-state index contributed by atoms with van der Waals surface area (Å²) in [6.45, 7) is 5.00. The maximum Gasteiger partial charge on any atom is 0.376 e. The lowest BCUT2D eigenvalue weighted by atomic mass is 9.84. The summed E-state index contributed by atoms with van der Waals surface area (Å²) in [5.74, 6) is 2.71. The Morgan fingerprint density at radius 3 is 2.32 bits per heavy atom. The van der Waals surface area contributed by atoms with E-state index in [0.29, 0.717) is 19.5 Å². The van der Waals surface area contributed by atoms with Crippen molar-refractivity contribution in [2.45, 2.75) is 57.6 Å². The predicted octanol–water partition coefficient (Wildman–Crippen LogP) is 2.24. The second-order valence-electron chi connectivity index (χ2n) is 9.81. The Kier molecular flexibility index (Phi) is 12.5. The molecule has 5 N–H and O–H groups in total. The van der Waals surface area contributed by atoms with Gasteiger partial charge in [0.25, 0.3) is 0 Å². The molecule has 0 saturated heterocycles. The summed E-state index contributed by atoms with van der Waals surface area (Å²) in [5.41, 5.74) is 2.36. The molecular formula is C28H43BN2O7. The highest BCUT2D eigenvalue weighted by atomic mass is 16.5. The molecule has 0 amide bonds. The molecule has 4 rings (SSSR count). The Balaban J connectivity index is 0.000000212. The molecule has 0 fully saturated rings. The molecule has 0 radical (unpaired) electrons. The molecule has 2 atom stereocenters. The van der Waals surface area contributed by atoms with Crippen molar-refractivity contribution >= 4 is 7.05 Å². The van der Waals surface area contributed by atoms with Crippen LogP contribution in [0.2, 0.25) is 6.82 Å². The summed E-state index contributed by atoms with van der Waals surface area (Å²) in [6.07, 6.45) is 5.51. The Bertz CT molecular complexity index is 978. The predicted molar refractivity (Wildman–Crippen MR) is 148 cm³/mol. The molecule has 0 spiro atoms. The number of phenolic OH excluding ortho intramolecular Hbond substituents is 1. The first kappa shape index (κ1) is 30.1. The number of nitrogens with one attached hydrogen (secondary N) is 1. The molecule has 2 aromatic rings. The minimum atomic E-state index is -0.560. The summed E-state index contributed by atoms with van der Waals surface area (Å²) in [4.78, 5) is 1.90. The van der Waals surface area contributed by atoms with Gasteiger partial charge in [-0.1, -0.05) is 12.1 Å². The highest BCUT2D eigenvalue weighted by molar-refractivity contribution is 6.45. The molecule has 2 unspecified atom stereocenters. The van der Waals surface area contributed by atoms with Gasteiger partial charge in [0.1, 0.15) is 35.2 Å². The summed E-state index contributed by atoms with van der Waals surface area (Å²) in [6, 6.07) is 11.2. The zero-order chi connectivity index (χ0) is 27.3. The number of benzene rings is 2. The van der Waals surface area contributed by atoms with Crippen molar-refractivity contribution in [3.8, 4) is 23.0 Å². The smallest absolute Gasteiger partial charge is 0.376 e. The van der Waals surface area contributed by atoms with Crippen LogP contribution >= 0.6 is 0 Å². The van der Waals surface area contributed by atoms with Gasteiger partial charge >= 0.3 is 7.05 Å². The largest absolute Gasteiger partial charge is 0.508 e. The van der Waals surface area contributed by atoms with Crippen LogP contribution in [0.5, 0.6) is 23.0 Å². The summed E-state index contributed by atoms with van der Waals surface area (Å²) in [7, 11) is 1.11. The van der Waals surface area contributed by atoms with E-state index in [1.807, 2.05) is 23.0 Å². The number of nitrogens with zero attached hydrogens (tertiary/aromatic N) is 1. The van der Waals surface area contributed by atoms with E-state index < -0.39 is 7.05 Å². The molecule has 0 saturated carbocycles. The van der Waals surface area contributed by atoms with Gasteiger partial charge in [0.15, 0.2) is 0 Å². The number of hydrogen-bond donors (Lipinski definition) is 5. The summed E-state index contributed by atoms with van der Waals surface area (Å²) < 4.78 is 17.1. The van der Waals surface area contributed by atoms with Crippen molar-refractivity contribution in [1.82, 2.24) is 10.1 Å². The SMILES string of the molecule is CB(O)N(CCCO)CC1CCc2ccc(O)cc2O1.COc1ccc2c(c1)OC(CNCCCO)CC2. The number of aliphatic hydroxyl groups excluding tert-OH is 2. The van der Waals surface area contributed by atoms with Crippen molar-refractivity contribution in [3.63, 3.8) is 0 Å². The molecule has 9 nitrogen and oxygen atoms in total. The number of aromatic hydroxyl groups is 1. The van der Waals surface area contributed by atoms with Crippen LogP contribution in [0.1, 0.15) is 36.8 Å². The fourth-order valence-electron chi connectivity index (χ4n) is 4.65. The van der Waals surface area contributed by atoms with E-state index in [-0.39, 0.29) is 31.2 Å². The first-order valence-corrected chi connectivity index (χ1v) is 13.6. The van der Waals surface area contributed by atoms with Gasteiger partial charge in [-0.2, -0.15) is 0 Å². The molecule has 0 aliphatic carbocycles. The summed E-state index contributed by atoms with van der Waals surface area (Å²) in [5, 5.41) is 40.2. The zero-order valence-corrected chi connectivity index (χ0v) is 22.6. The average Bonchev–Trinajstić information content (AvgIpc) is 2.93. The number of aryl methyl sites for hydroxylation is 2. The van der Waals surface area contributed by atoms with E-state index in [0.717, 1.165) is 68.0 Å². The van der Waals surface area contributed by atoms with Gasteiger partial charge < -0.3 is 44.7 Å². The first-order valence-electron chi connectivity index (χ1n) is 13.6. The van der Waals surface area contributed by atoms with E-state index in [4.69, 9.17) is 24.4 Å². The van der Waals surface area contributed by atoms with E-state index in [1.165, 1.54) is 5.56 Å². The van der Waals surface area contributed by atoms with Crippen LogP contribution in [0.4, 0.5) is 0 Å². The number of aliphatic hydroxyl groups is 2. The summed E-state index contributed by atoms with van der Waals surface area (Å²) >= 11 is 0. The Morgan fingerprint density at radius 1 is 0.974 bits per heavy atom. The number of fused-ring (bicyclic) bond motifs is 2. The van der Waals surface area contributed by atoms with E-state index >= 15 is 0 Å². The Hall–Kier alpha value is -2.50. The normalized spacial score (nSPS) is 17.8. The molecular weight excluding hydrogens is 487 g/mol. The van der Waals surface area contributed by atoms with Gasteiger partial charge in [0, 0.05) is 38.4 Å². The van der Waals surface area contributed by atoms with E-state index in [1.54, 1.807) is 26.1 Å². The molecule has 2 aromatic carbocycles. The molecule has 2 aliphatic rings. The van der Waals surface area contributed by atoms with Crippen molar-refractivity contribution in [1.29, 1.82) is 0 Å². The number of phenols is 1. The number of methoxy groups -OCH3 is 1. The standard InChI is InChI=1S/C14H22BNO4.C14H21NO3/c1-15(19)16(7-2-8-17)10-13-6-4-11-3-5-12(18)9-14(11)20-13;1-17-12-5-3-11-4-6-13(18-14(11)9-12)10-15-7-2-8-16/h3,5,9,13,17-19H,2,4,6-8,10H2,1H3;3,5,9,13,15-16H,2,4,6-8,10H2,1H3. The minimum absolute atomic E-state index is 0.00223. The van der Waals surface area contributed by atoms with Gasteiger partial charge in [-0.05, 0) is 81.7 Å². The molecule has 0 bridgehead atoms. The first-order chi connectivity index (χ1) is 18.4. The third kappa shape index (κ3) is 9.36. The van der Waals surface area contributed by atoms with Gasteiger partial charge in [-0.25, -0.2) is 0 Å². The van der Waals surface area contributed by atoms with Crippen LogP contribution < -0.4 is 19.5 Å². The lowest BCUT2D eigenvalue weighted by Gasteiger charge is -2.32. The van der Waals surface area contributed by atoms with Crippen LogP contribution in [0.3, 0.4) is 0 Å². The van der Waals surface area contributed by atoms with Gasteiger partial charge in [0.2, 0.25) is 0 Å². The van der Waals surface area contributed by atoms with Crippen LogP contribution in [-0.4, -0.2) is 90.9 Å². The molecule has 210 valence electrons. The van der Waals surface area contributed by atoms with E-state index in [9.17, 15) is 10.1 Å². The van der Waals surface area contributed by atoms with Crippen LogP contribution in [0, 0.1) is 0 Å². The van der Waals surface area contributed by atoms with Crippen molar-refractivity contribution in [3.05, 3.63) is 47.5 Å². The van der Waals surface area contributed by atoms with Crippen LogP contribution in [-0.2, 0) is 12.8 Å². The molecule has 2 aliphatic heterocycles. The van der Waals surface area contributed by atoms with Crippen molar-refractivity contribution < 1.29 is 34.6 Å². The lowest BCUT2D eigenvalue weighted by Crippen LogP contribution is -2.45. The third-order valence-electron chi connectivity index (χ3n) is 6.84. The zero-order valence-electron chi connectivity index (χ0n) is 22.6. The highest BCUT2D eigenvalue weighted by Crippen LogP contribution is 2.32. The fourth-order valence-corrected chi connectivity index (χ4v) is 4.65. The van der Waals surface area contributed by atoms with Crippen molar-refractivity contribution in [2.75, 3.05) is 46.5 Å². The van der Waals surface area contributed by atoms with E-state index in [2.05, 4.69) is 11.4 Å². The second kappa shape index (κ2) is 15.8. The number of hydrogen-bond acceptors (Lipinski definition) is 9. The van der Waals surface area contributed by atoms with Crippen molar-refractivity contribution in [2.24, 2.45) is 0 Å². The van der Waals surface area contributed by atoms with Crippen LogP contribution in [0.15, 0.2) is 36.4 Å². The third-order valence-corrected chi connectivity index (χ3v) is 6.84. The van der Waals surface area contributed by atoms with Gasteiger partial charge in [-0.15, -0.1) is 0 Å². The number of rotatable bonds is 12. The molecule has 0 aromatic heterocycles.